The summed E-state index contributed by atoms with van der Waals surface area (Å²) in [5.74, 6) is 0.740. The zero-order chi connectivity index (χ0) is 18.0. The van der Waals surface area contributed by atoms with Crippen LogP contribution < -0.4 is 10.1 Å². The number of methoxy groups -OCH3 is 1. The number of carbonyl (C=O) groups excluding carboxylic acids is 1. The molecule has 0 spiro atoms. The molecule has 0 aliphatic rings. The summed E-state index contributed by atoms with van der Waals surface area (Å²) in [6, 6.07) is 15.1. The van der Waals surface area contributed by atoms with E-state index in [0.29, 0.717) is 5.02 Å². The molecule has 0 saturated carbocycles. The molecule has 0 heterocycles. The van der Waals surface area contributed by atoms with Gasteiger partial charge in [-0.15, -0.1) is 0 Å². The van der Waals surface area contributed by atoms with Gasteiger partial charge in [0.1, 0.15) is 5.75 Å². The summed E-state index contributed by atoms with van der Waals surface area (Å²) in [6.07, 6.45) is 0. The molecule has 3 nitrogen and oxygen atoms in total. The van der Waals surface area contributed by atoms with Gasteiger partial charge in [-0.05, 0) is 63.1 Å². The van der Waals surface area contributed by atoms with Gasteiger partial charge in [0.05, 0.1) is 18.1 Å². The van der Waals surface area contributed by atoms with Crippen molar-refractivity contribution in [2.45, 2.75) is 38.6 Å². The lowest BCUT2D eigenvalue weighted by Crippen LogP contribution is -2.48. The number of carbonyl (C=O) groups is 1. The van der Waals surface area contributed by atoms with Crippen LogP contribution in [0.3, 0.4) is 0 Å². The highest BCUT2D eigenvalue weighted by molar-refractivity contribution is 6.30. The zero-order valence-corrected chi connectivity index (χ0v) is 15.6. The van der Waals surface area contributed by atoms with Crippen molar-refractivity contribution in [1.29, 1.82) is 0 Å². The van der Waals surface area contributed by atoms with Crippen LogP contribution in [0.5, 0.6) is 5.75 Å². The fraction of sp³-hybridized carbons (Fsp3) is 0.350. The minimum absolute atomic E-state index is 0.0346. The molecule has 0 aromatic heterocycles. The first-order valence-corrected chi connectivity index (χ1v) is 8.28. The molecule has 0 radical (unpaired) electrons. The number of ether oxygens (including phenoxy) is 1. The van der Waals surface area contributed by atoms with Gasteiger partial charge < -0.3 is 10.1 Å². The molecule has 2 rings (SSSR count). The summed E-state index contributed by atoms with van der Waals surface area (Å²) in [6.45, 7) is 7.81. The SMILES string of the molecule is COc1ccc(C(C)(C)C(=O)NC(C)(C)c2ccc(Cl)cc2)cc1. The molecule has 128 valence electrons. The molecule has 1 N–H and O–H groups in total. The van der Waals surface area contributed by atoms with Gasteiger partial charge in [0.2, 0.25) is 5.91 Å². The highest BCUT2D eigenvalue weighted by Crippen LogP contribution is 2.28. The molecule has 2 aromatic rings. The summed E-state index contributed by atoms with van der Waals surface area (Å²) < 4.78 is 5.18. The number of amides is 1. The molecule has 0 bridgehead atoms. The van der Waals surface area contributed by atoms with Crippen LogP contribution in [0.4, 0.5) is 0 Å². The molecular weight excluding hydrogens is 322 g/mol. The van der Waals surface area contributed by atoms with Gasteiger partial charge in [-0.1, -0.05) is 35.9 Å². The Morgan fingerprint density at radius 1 is 0.917 bits per heavy atom. The minimum atomic E-state index is -0.657. The molecule has 0 atom stereocenters. The molecule has 2 aromatic carbocycles. The van der Waals surface area contributed by atoms with E-state index in [0.717, 1.165) is 16.9 Å². The zero-order valence-electron chi connectivity index (χ0n) is 14.8. The molecule has 24 heavy (non-hydrogen) atoms. The molecule has 0 aliphatic carbocycles. The second kappa shape index (κ2) is 6.86. The summed E-state index contributed by atoms with van der Waals surface area (Å²) >= 11 is 5.95. The Labute approximate surface area is 149 Å². The van der Waals surface area contributed by atoms with Crippen LogP contribution in [-0.2, 0) is 15.7 Å². The minimum Gasteiger partial charge on any atom is -0.497 e. The Morgan fingerprint density at radius 2 is 1.42 bits per heavy atom. The van der Waals surface area contributed by atoms with Crippen LogP contribution >= 0.6 is 11.6 Å². The standard InChI is InChI=1S/C20H24ClNO2/c1-19(2,14-8-12-17(24-5)13-9-14)18(23)22-20(3,4)15-6-10-16(21)11-7-15/h6-13H,1-5H3,(H,22,23). The average molecular weight is 346 g/mol. The van der Waals surface area contributed by atoms with E-state index in [9.17, 15) is 4.79 Å². The highest BCUT2D eigenvalue weighted by Gasteiger charge is 2.34. The maximum absolute atomic E-state index is 12.9. The van der Waals surface area contributed by atoms with Crippen LogP contribution in [0.15, 0.2) is 48.5 Å². The van der Waals surface area contributed by atoms with Crippen molar-refractivity contribution in [3.05, 3.63) is 64.7 Å². The third-order valence-electron chi connectivity index (χ3n) is 4.37. The number of rotatable bonds is 5. The van der Waals surface area contributed by atoms with Gasteiger partial charge in [-0.3, -0.25) is 4.79 Å². The second-order valence-electron chi connectivity index (χ2n) is 6.94. The maximum Gasteiger partial charge on any atom is 0.230 e. The molecular formula is C20H24ClNO2. The van der Waals surface area contributed by atoms with Crippen molar-refractivity contribution in [2.24, 2.45) is 0 Å². The molecule has 0 unspecified atom stereocenters. The first-order chi connectivity index (χ1) is 11.2. The normalized spacial score (nSPS) is 11.9. The van der Waals surface area contributed by atoms with Crippen molar-refractivity contribution in [3.63, 3.8) is 0 Å². The second-order valence-corrected chi connectivity index (χ2v) is 7.38. The van der Waals surface area contributed by atoms with Gasteiger partial charge in [-0.25, -0.2) is 0 Å². The van der Waals surface area contributed by atoms with E-state index in [1.54, 1.807) is 7.11 Å². The van der Waals surface area contributed by atoms with Gasteiger partial charge in [0, 0.05) is 5.02 Å². The third-order valence-corrected chi connectivity index (χ3v) is 4.62. The molecule has 0 fully saturated rings. The largest absolute Gasteiger partial charge is 0.497 e. The van der Waals surface area contributed by atoms with Crippen LogP contribution in [0, 0.1) is 0 Å². The Kier molecular flexibility index (Phi) is 5.24. The van der Waals surface area contributed by atoms with Gasteiger partial charge in [0.15, 0.2) is 0 Å². The first kappa shape index (κ1) is 18.3. The monoisotopic (exact) mass is 345 g/mol. The maximum atomic E-state index is 12.9. The number of nitrogens with one attached hydrogen (secondary N) is 1. The van der Waals surface area contributed by atoms with Gasteiger partial charge in [-0.2, -0.15) is 0 Å². The van der Waals surface area contributed by atoms with Crippen LogP contribution in [0.2, 0.25) is 5.02 Å². The predicted octanol–water partition coefficient (Wildman–Crippen LogP) is 4.68. The summed E-state index contributed by atoms with van der Waals surface area (Å²) in [4.78, 5) is 12.9. The van der Waals surface area contributed by atoms with Crippen LogP contribution in [-0.4, -0.2) is 13.0 Å². The fourth-order valence-corrected chi connectivity index (χ4v) is 2.64. The van der Waals surface area contributed by atoms with Crippen LogP contribution in [0.25, 0.3) is 0 Å². The third kappa shape index (κ3) is 3.90. The first-order valence-electron chi connectivity index (χ1n) is 7.90. The Balaban J connectivity index is 2.21. The topological polar surface area (TPSA) is 38.3 Å². The summed E-state index contributed by atoms with van der Waals surface area (Å²) in [7, 11) is 1.63. The van der Waals surface area contributed by atoms with E-state index in [1.165, 1.54) is 0 Å². The lowest BCUT2D eigenvalue weighted by Gasteiger charge is -2.33. The van der Waals surface area contributed by atoms with E-state index >= 15 is 0 Å². The van der Waals surface area contributed by atoms with E-state index in [2.05, 4.69) is 5.32 Å². The number of halogens is 1. The Bertz CT molecular complexity index is 703. The summed E-state index contributed by atoms with van der Waals surface area (Å²) in [5, 5.41) is 3.83. The molecule has 4 heteroatoms. The van der Waals surface area contributed by atoms with E-state index < -0.39 is 11.0 Å². The Hall–Kier alpha value is -2.00. The van der Waals surface area contributed by atoms with Crippen molar-refractivity contribution >= 4 is 17.5 Å². The van der Waals surface area contributed by atoms with E-state index in [-0.39, 0.29) is 5.91 Å². The molecule has 0 aliphatic heterocycles. The van der Waals surface area contributed by atoms with Gasteiger partial charge >= 0.3 is 0 Å². The summed E-state index contributed by atoms with van der Waals surface area (Å²) in [5.41, 5.74) is 0.792. The number of hydrogen-bond acceptors (Lipinski definition) is 2. The van der Waals surface area contributed by atoms with E-state index in [1.807, 2.05) is 76.2 Å². The van der Waals surface area contributed by atoms with E-state index in [4.69, 9.17) is 16.3 Å². The molecule has 1 amide bonds. The number of hydrogen-bond donors (Lipinski definition) is 1. The number of benzene rings is 2. The average Bonchev–Trinajstić information content (AvgIpc) is 2.54. The van der Waals surface area contributed by atoms with Crippen molar-refractivity contribution in [1.82, 2.24) is 5.32 Å². The fourth-order valence-electron chi connectivity index (χ4n) is 2.52. The lowest BCUT2D eigenvalue weighted by molar-refractivity contribution is -0.127. The molecule has 0 saturated heterocycles. The smallest absolute Gasteiger partial charge is 0.230 e. The highest BCUT2D eigenvalue weighted by atomic mass is 35.5. The van der Waals surface area contributed by atoms with Crippen LogP contribution in [0.1, 0.15) is 38.8 Å². The van der Waals surface area contributed by atoms with Crippen molar-refractivity contribution in [3.8, 4) is 5.75 Å². The lowest BCUT2D eigenvalue weighted by atomic mass is 9.82. The Morgan fingerprint density at radius 3 is 1.92 bits per heavy atom. The predicted molar refractivity (Wildman–Crippen MR) is 98.6 cm³/mol. The van der Waals surface area contributed by atoms with Crippen molar-refractivity contribution < 1.29 is 9.53 Å². The quantitative estimate of drug-likeness (QED) is 0.854. The van der Waals surface area contributed by atoms with Gasteiger partial charge in [0.25, 0.3) is 0 Å². The van der Waals surface area contributed by atoms with Crippen molar-refractivity contribution in [2.75, 3.05) is 7.11 Å².